The zero-order chi connectivity index (χ0) is 17.1. The predicted molar refractivity (Wildman–Crippen MR) is 94.2 cm³/mol. The van der Waals surface area contributed by atoms with Gasteiger partial charge in [-0.2, -0.15) is 15.0 Å². The van der Waals surface area contributed by atoms with Crippen molar-refractivity contribution < 1.29 is 5.11 Å². The Hall–Kier alpha value is -2.61. The first-order valence-electron chi connectivity index (χ1n) is 7.96. The molecule has 1 aromatic carbocycles. The lowest BCUT2D eigenvalue weighted by Gasteiger charge is -2.36. The van der Waals surface area contributed by atoms with E-state index in [4.69, 9.17) is 5.73 Å². The average Bonchev–Trinajstić information content (AvgIpc) is 2.55. The number of para-hydroxylation sites is 2. The standard InChI is InChI=1S/C16H23N7O/c1-21(2)16-19-14(18-15(17)20-16)11-22-7-9-23(10-8-22)12-5-3-4-6-13(12)24/h3-6,24H,7-11H2,1-2H3,(H2,17,18,19,20). The van der Waals surface area contributed by atoms with Crippen molar-refractivity contribution in [3.63, 3.8) is 0 Å². The van der Waals surface area contributed by atoms with Gasteiger partial charge in [-0.15, -0.1) is 0 Å². The Morgan fingerprint density at radius 1 is 1.08 bits per heavy atom. The number of nitrogens with two attached hydrogens (primary N) is 1. The fourth-order valence-electron chi connectivity index (χ4n) is 2.77. The van der Waals surface area contributed by atoms with E-state index in [1.54, 1.807) is 6.07 Å². The van der Waals surface area contributed by atoms with Gasteiger partial charge in [-0.05, 0) is 12.1 Å². The van der Waals surface area contributed by atoms with Crippen molar-refractivity contribution in [3.8, 4) is 5.75 Å². The summed E-state index contributed by atoms with van der Waals surface area (Å²) in [6, 6.07) is 7.44. The van der Waals surface area contributed by atoms with Crippen molar-refractivity contribution in [2.45, 2.75) is 6.54 Å². The first kappa shape index (κ1) is 16.3. The molecule has 0 aliphatic carbocycles. The zero-order valence-corrected chi connectivity index (χ0v) is 14.1. The molecule has 1 fully saturated rings. The van der Waals surface area contributed by atoms with E-state index < -0.39 is 0 Å². The van der Waals surface area contributed by atoms with E-state index in [1.165, 1.54) is 0 Å². The Kier molecular flexibility index (Phi) is 4.66. The third kappa shape index (κ3) is 3.65. The minimum Gasteiger partial charge on any atom is -0.506 e. The molecule has 8 heteroatoms. The predicted octanol–water partition coefficient (Wildman–Crippen LogP) is 0.548. The molecular formula is C16H23N7O. The van der Waals surface area contributed by atoms with Crippen LogP contribution in [0.4, 0.5) is 17.6 Å². The highest BCUT2D eigenvalue weighted by Crippen LogP contribution is 2.27. The number of aromatic nitrogens is 3. The molecule has 24 heavy (non-hydrogen) atoms. The van der Waals surface area contributed by atoms with Gasteiger partial charge in [0.25, 0.3) is 0 Å². The SMILES string of the molecule is CN(C)c1nc(N)nc(CN2CCN(c3ccccc3O)CC2)n1. The van der Waals surface area contributed by atoms with Crippen molar-refractivity contribution in [2.75, 3.05) is 55.8 Å². The molecule has 0 spiro atoms. The van der Waals surface area contributed by atoms with Crippen molar-refractivity contribution >= 4 is 17.6 Å². The van der Waals surface area contributed by atoms with Gasteiger partial charge in [0, 0.05) is 40.3 Å². The summed E-state index contributed by atoms with van der Waals surface area (Å²) in [7, 11) is 3.76. The number of phenols is 1. The summed E-state index contributed by atoms with van der Waals surface area (Å²) < 4.78 is 0. The summed E-state index contributed by atoms with van der Waals surface area (Å²) in [6.07, 6.45) is 0. The lowest BCUT2D eigenvalue weighted by Crippen LogP contribution is -2.46. The van der Waals surface area contributed by atoms with Crippen LogP contribution in [0.3, 0.4) is 0 Å². The average molecular weight is 329 g/mol. The molecule has 8 nitrogen and oxygen atoms in total. The second-order valence-electron chi connectivity index (χ2n) is 6.06. The maximum atomic E-state index is 9.98. The highest BCUT2D eigenvalue weighted by Gasteiger charge is 2.20. The molecule has 2 aromatic rings. The molecule has 3 rings (SSSR count). The Labute approximate surface area is 141 Å². The van der Waals surface area contributed by atoms with Gasteiger partial charge >= 0.3 is 0 Å². The van der Waals surface area contributed by atoms with Gasteiger partial charge in [0.05, 0.1) is 12.2 Å². The van der Waals surface area contributed by atoms with Crippen LogP contribution >= 0.6 is 0 Å². The van der Waals surface area contributed by atoms with Crippen molar-refractivity contribution in [2.24, 2.45) is 0 Å². The van der Waals surface area contributed by atoms with E-state index in [2.05, 4.69) is 24.8 Å². The minimum absolute atomic E-state index is 0.247. The lowest BCUT2D eigenvalue weighted by molar-refractivity contribution is 0.243. The van der Waals surface area contributed by atoms with Crippen LogP contribution < -0.4 is 15.5 Å². The van der Waals surface area contributed by atoms with E-state index in [9.17, 15) is 5.11 Å². The molecule has 1 aliphatic rings. The molecule has 0 saturated carbocycles. The summed E-state index contributed by atoms with van der Waals surface area (Å²) in [5, 5.41) is 9.98. The number of benzene rings is 1. The van der Waals surface area contributed by atoms with Gasteiger partial charge in [-0.3, -0.25) is 4.90 Å². The van der Waals surface area contributed by atoms with E-state index >= 15 is 0 Å². The Bertz CT molecular complexity index is 699. The number of aromatic hydroxyl groups is 1. The number of nitrogen functional groups attached to an aromatic ring is 1. The van der Waals surface area contributed by atoms with Gasteiger partial charge in [0.15, 0.2) is 0 Å². The molecule has 3 N–H and O–H groups in total. The van der Waals surface area contributed by atoms with Crippen molar-refractivity contribution in [1.82, 2.24) is 19.9 Å². The van der Waals surface area contributed by atoms with Gasteiger partial charge < -0.3 is 20.6 Å². The largest absolute Gasteiger partial charge is 0.506 e. The fourth-order valence-corrected chi connectivity index (χ4v) is 2.77. The van der Waals surface area contributed by atoms with Gasteiger partial charge in [0.2, 0.25) is 11.9 Å². The molecular weight excluding hydrogens is 306 g/mol. The summed E-state index contributed by atoms with van der Waals surface area (Å²) in [6.45, 7) is 4.08. The van der Waals surface area contributed by atoms with Crippen LogP contribution in [-0.4, -0.2) is 65.2 Å². The Balaban J connectivity index is 1.63. The molecule has 1 aromatic heterocycles. The molecule has 0 unspecified atom stereocenters. The third-order valence-electron chi connectivity index (χ3n) is 4.05. The molecule has 2 heterocycles. The lowest BCUT2D eigenvalue weighted by atomic mass is 10.2. The molecule has 0 bridgehead atoms. The second kappa shape index (κ2) is 6.88. The maximum absolute atomic E-state index is 9.98. The topological polar surface area (TPSA) is 94.6 Å². The normalized spacial score (nSPS) is 15.5. The van der Waals surface area contributed by atoms with Crippen LogP contribution in [-0.2, 0) is 6.54 Å². The molecule has 1 saturated heterocycles. The van der Waals surface area contributed by atoms with Crippen LogP contribution in [0, 0.1) is 0 Å². The quantitative estimate of drug-likeness (QED) is 0.840. The maximum Gasteiger partial charge on any atom is 0.229 e. The number of rotatable bonds is 4. The van der Waals surface area contributed by atoms with Crippen LogP contribution in [0.1, 0.15) is 5.82 Å². The number of piperazine rings is 1. The Morgan fingerprint density at radius 2 is 1.79 bits per heavy atom. The van der Waals surface area contributed by atoms with Gasteiger partial charge in [0.1, 0.15) is 11.6 Å². The number of nitrogens with zero attached hydrogens (tertiary/aromatic N) is 6. The molecule has 0 radical (unpaired) electrons. The van der Waals surface area contributed by atoms with Crippen LogP contribution in [0.2, 0.25) is 0 Å². The number of hydrogen-bond donors (Lipinski definition) is 2. The first-order chi connectivity index (χ1) is 11.5. The molecule has 0 amide bonds. The van der Waals surface area contributed by atoms with Crippen LogP contribution in [0.15, 0.2) is 24.3 Å². The number of phenolic OH excluding ortho intramolecular Hbond substituents is 1. The van der Waals surface area contributed by atoms with E-state index in [0.717, 1.165) is 31.9 Å². The second-order valence-corrected chi connectivity index (χ2v) is 6.06. The molecule has 1 aliphatic heterocycles. The van der Waals surface area contributed by atoms with Gasteiger partial charge in [-0.1, -0.05) is 12.1 Å². The number of hydrogen-bond acceptors (Lipinski definition) is 8. The molecule has 128 valence electrons. The third-order valence-corrected chi connectivity index (χ3v) is 4.05. The highest BCUT2D eigenvalue weighted by atomic mass is 16.3. The smallest absolute Gasteiger partial charge is 0.229 e. The zero-order valence-electron chi connectivity index (χ0n) is 14.1. The summed E-state index contributed by atoms with van der Waals surface area (Å²) in [5.41, 5.74) is 6.66. The monoisotopic (exact) mass is 329 g/mol. The summed E-state index contributed by atoms with van der Waals surface area (Å²) in [4.78, 5) is 19.1. The van der Waals surface area contributed by atoms with Crippen molar-refractivity contribution in [3.05, 3.63) is 30.1 Å². The summed E-state index contributed by atoms with van der Waals surface area (Å²) in [5.74, 6) is 1.83. The van der Waals surface area contributed by atoms with E-state index in [1.807, 2.05) is 37.2 Å². The van der Waals surface area contributed by atoms with E-state index in [0.29, 0.717) is 24.1 Å². The van der Waals surface area contributed by atoms with E-state index in [-0.39, 0.29) is 5.95 Å². The van der Waals surface area contributed by atoms with Crippen molar-refractivity contribution in [1.29, 1.82) is 0 Å². The fraction of sp³-hybridized carbons (Fsp3) is 0.438. The molecule has 0 atom stereocenters. The van der Waals surface area contributed by atoms with Crippen LogP contribution in [0.25, 0.3) is 0 Å². The van der Waals surface area contributed by atoms with Gasteiger partial charge in [-0.25, -0.2) is 0 Å². The Morgan fingerprint density at radius 3 is 2.46 bits per heavy atom. The number of anilines is 3. The first-order valence-corrected chi connectivity index (χ1v) is 7.96. The minimum atomic E-state index is 0.247. The van der Waals surface area contributed by atoms with Crippen LogP contribution in [0.5, 0.6) is 5.75 Å². The highest BCUT2D eigenvalue weighted by molar-refractivity contribution is 5.57. The summed E-state index contributed by atoms with van der Waals surface area (Å²) >= 11 is 0.